The molecule has 0 saturated carbocycles. The monoisotopic (exact) mass is 346 g/mol. The minimum atomic E-state index is -0.422. The van der Waals surface area contributed by atoms with Crippen molar-refractivity contribution < 1.29 is 5.11 Å². The number of nitriles is 1. The van der Waals surface area contributed by atoms with Crippen LogP contribution >= 0.6 is 22.6 Å². The van der Waals surface area contributed by atoms with Crippen molar-refractivity contribution in [1.82, 2.24) is 4.57 Å². The number of aryl methyl sites for hydroxylation is 1. The van der Waals surface area contributed by atoms with Crippen molar-refractivity contribution in [2.24, 2.45) is 5.41 Å². The van der Waals surface area contributed by atoms with Gasteiger partial charge in [0.05, 0.1) is 3.57 Å². The van der Waals surface area contributed by atoms with Crippen molar-refractivity contribution in [2.75, 3.05) is 0 Å². The predicted octanol–water partition coefficient (Wildman–Crippen LogP) is 2.47. The average molecular weight is 346 g/mol. The highest BCUT2D eigenvalue weighted by atomic mass is 127. The molecule has 1 heterocycles. The number of nitrogens with zero attached hydrogens (tertiary/aromatic N) is 2. The van der Waals surface area contributed by atoms with E-state index in [9.17, 15) is 9.90 Å². The fourth-order valence-electron chi connectivity index (χ4n) is 1.34. The van der Waals surface area contributed by atoms with E-state index in [1.807, 2.05) is 22.6 Å². The highest BCUT2D eigenvalue weighted by Crippen LogP contribution is 2.22. The van der Waals surface area contributed by atoms with Gasteiger partial charge in [-0.25, -0.2) is 0 Å². The van der Waals surface area contributed by atoms with Crippen molar-refractivity contribution in [2.45, 2.75) is 33.7 Å². The summed E-state index contributed by atoms with van der Waals surface area (Å²) >= 11 is 1.92. The van der Waals surface area contributed by atoms with E-state index >= 15 is 0 Å². The Balaban J connectivity index is 3.16. The lowest BCUT2D eigenvalue weighted by molar-refractivity contribution is 0.346. The highest BCUT2D eigenvalue weighted by Gasteiger charge is 2.15. The summed E-state index contributed by atoms with van der Waals surface area (Å²) in [7, 11) is 0. The minimum absolute atomic E-state index is 0.121. The molecule has 92 valence electrons. The van der Waals surface area contributed by atoms with Crippen LogP contribution in [0.5, 0.6) is 5.75 Å². The van der Waals surface area contributed by atoms with Gasteiger partial charge in [-0.3, -0.25) is 4.79 Å². The van der Waals surface area contributed by atoms with E-state index in [1.54, 1.807) is 12.3 Å². The zero-order chi connectivity index (χ0) is 13.2. The Morgan fingerprint density at radius 3 is 2.59 bits per heavy atom. The number of hydrogen-bond donors (Lipinski definition) is 1. The van der Waals surface area contributed by atoms with E-state index in [-0.39, 0.29) is 16.7 Å². The number of pyridine rings is 1. The van der Waals surface area contributed by atoms with E-state index in [2.05, 4.69) is 20.8 Å². The summed E-state index contributed by atoms with van der Waals surface area (Å²) in [5.74, 6) is -0.217. The van der Waals surface area contributed by atoms with Gasteiger partial charge in [0.15, 0.2) is 11.3 Å². The van der Waals surface area contributed by atoms with Crippen molar-refractivity contribution >= 4 is 22.6 Å². The molecule has 5 heteroatoms. The van der Waals surface area contributed by atoms with Gasteiger partial charge < -0.3 is 9.67 Å². The normalized spacial score (nSPS) is 11.2. The van der Waals surface area contributed by atoms with E-state index < -0.39 is 5.56 Å². The fourth-order valence-corrected chi connectivity index (χ4v) is 1.95. The maximum absolute atomic E-state index is 11.9. The third-order valence-electron chi connectivity index (χ3n) is 2.42. The molecule has 0 fully saturated rings. The second-order valence-electron chi connectivity index (χ2n) is 5.12. The molecule has 1 rings (SSSR count). The lowest BCUT2D eigenvalue weighted by Gasteiger charge is -2.19. The summed E-state index contributed by atoms with van der Waals surface area (Å²) in [4.78, 5) is 11.9. The lowest BCUT2D eigenvalue weighted by atomic mass is 9.92. The molecule has 0 amide bonds. The topological polar surface area (TPSA) is 66.0 Å². The highest BCUT2D eigenvalue weighted by molar-refractivity contribution is 14.1. The quantitative estimate of drug-likeness (QED) is 0.837. The third kappa shape index (κ3) is 3.46. The maximum atomic E-state index is 11.9. The predicted molar refractivity (Wildman–Crippen MR) is 73.9 cm³/mol. The molecule has 0 aromatic carbocycles. The summed E-state index contributed by atoms with van der Waals surface area (Å²) < 4.78 is 2.01. The molecule has 0 spiro atoms. The van der Waals surface area contributed by atoms with Crippen LogP contribution in [0.15, 0.2) is 11.0 Å². The first-order chi connectivity index (χ1) is 7.76. The molecule has 0 atom stereocenters. The van der Waals surface area contributed by atoms with Crippen LogP contribution in [0.1, 0.15) is 32.8 Å². The Bertz CT molecular complexity index is 521. The third-order valence-corrected chi connectivity index (χ3v) is 3.21. The first-order valence-electron chi connectivity index (χ1n) is 5.28. The molecular formula is C12H15IN2O2. The summed E-state index contributed by atoms with van der Waals surface area (Å²) in [5, 5.41) is 18.4. The first-order valence-corrected chi connectivity index (χ1v) is 6.36. The van der Waals surface area contributed by atoms with Gasteiger partial charge in [0.2, 0.25) is 0 Å². The fraction of sp³-hybridized carbons (Fsp3) is 0.500. The van der Waals surface area contributed by atoms with Gasteiger partial charge >= 0.3 is 0 Å². The van der Waals surface area contributed by atoms with Crippen molar-refractivity contribution in [3.05, 3.63) is 25.7 Å². The minimum Gasteiger partial charge on any atom is -0.505 e. The van der Waals surface area contributed by atoms with E-state index in [0.29, 0.717) is 10.1 Å². The molecule has 0 aliphatic heterocycles. The van der Waals surface area contributed by atoms with Gasteiger partial charge in [-0.15, -0.1) is 0 Å². The zero-order valence-electron chi connectivity index (χ0n) is 10.1. The molecule has 0 aliphatic rings. The molecule has 0 radical (unpaired) electrons. The Hall–Kier alpha value is -1.03. The van der Waals surface area contributed by atoms with Crippen LogP contribution in [0.3, 0.4) is 0 Å². The van der Waals surface area contributed by atoms with Crippen LogP contribution < -0.4 is 5.56 Å². The van der Waals surface area contributed by atoms with Crippen LogP contribution in [-0.2, 0) is 6.54 Å². The molecule has 1 aromatic heterocycles. The van der Waals surface area contributed by atoms with Crippen molar-refractivity contribution in [1.29, 1.82) is 5.26 Å². The van der Waals surface area contributed by atoms with Crippen LogP contribution in [0.4, 0.5) is 0 Å². The standard InChI is InChI=1S/C12H15IN2O2/c1-12(2,3)4-5-15-7-9(13)10(16)8(6-14)11(15)17/h7,16H,4-5H2,1-3H3. The summed E-state index contributed by atoms with van der Waals surface area (Å²) in [6, 6.07) is 1.75. The number of rotatable bonds is 2. The molecule has 0 aliphatic carbocycles. The second-order valence-corrected chi connectivity index (χ2v) is 6.28. The van der Waals surface area contributed by atoms with Crippen molar-refractivity contribution in [3.63, 3.8) is 0 Å². The molecule has 1 aromatic rings. The SMILES string of the molecule is CC(C)(C)CCn1cc(I)c(O)c(C#N)c1=O. The Kier molecular flexibility index (Phi) is 4.20. The number of hydrogen-bond acceptors (Lipinski definition) is 3. The zero-order valence-corrected chi connectivity index (χ0v) is 12.3. The van der Waals surface area contributed by atoms with Crippen LogP contribution in [0.2, 0.25) is 0 Å². The smallest absolute Gasteiger partial charge is 0.272 e. The Labute approximate surface area is 114 Å². The number of aromatic hydroxyl groups is 1. The van der Waals surface area contributed by atoms with Crippen LogP contribution in [0.25, 0.3) is 0 Å². The van der Waals surface area contributed by atoms with Crippen LogP contribution in [0, 0.1) is 20.3 Å². The maximum Gasteiger partial charge on any atom is 0.272 e. The van der Waals surface area contributed by atoms with Gasteiger partial charge in [0.25, 0.3) is 5.56 Å². The van der Waals surface area contributed by atoms with Gasteiger partial charge in [-0.2, -0.15) is 5.26 Å². The van der Waals surface area contributed by atoms with Crippen LogP contribution in [-0.4, -0.2) is 9.67 Å². The number of aromatic nitrogens is 1. The molecule has 0 unspecified atom stereocenters. The van der Waals surface area contributed by atoms with Gasteiger partial charge in [0, 0.05) is 12.7 Å². The van der Waals surface area contributed by atoms with E-state index in [4.69, 9.17) is 5.26 Å². The van der Waals surface area contributed by atoms with Crippen molar-refractivity contribution in [3.8, 4) is 11.8 Å². The van der Waals surface area contributed by atoms with Gasteiger partial charge in [-0.05, 0) is 34.4 Å². The summed E-state index contributed by atoms with van der Waals surface area (Å²) in [6.07, 6.45) is 2.42. The molecule has 0 saturated heterocycles. The number of halogens is 1. The Morgan fingerprint density at radius 2 is 2.12 bits per heavy atom. The molecule has 4 nitrogen and oxygen atoms in total. The van der Waals surface area contributed by atoms with E-state index in [1.165, 1.54) is 4.57 Å². The van der Waals surface area contributed by atoms with E-state index in [0.717, 1.165) is 6.42 Å². The Morgan fingerprint density at radius 1 is 1.53 bits per heavy atom. The molecule has 1 N–H and O–H groups in total. The summed E-state index contributed by atoms with van der Waals surface area (Å²) in [5.41, 5.74) is -0.476. The van der Waals surface area contributed by atoms with Gasteiger partial charge in [-0.1, -0.05) is 20.8 Å². The first kappa shape index (κ1) is 14.0. The average Bonchev–Trinajstić information content (AvgIpc) is 2.21. The largest absolute Gasteiger partial charge is 0.505 e. The second kappa shape index (κ2) is 5.08. The van der Waals surface area contributed by atoms with Gasteiger partial charge in [0.1, 0.15) is 6.07 Å². The molecular weight excluding hydrogens is 331 g/mol. The molecule has 17 heavy (non-hydrogen) atoms. The lowest BCUT2D eigenvalue weighted by Crippen LogP contribution is -2.25. The molecule has 0 bridgehead atoms. The summed E-state index contributed by atoms with van der Waals surface area (Å²) in [6.45, 7) is 6.82.